The first-order chi connectivity index (χ1) is 13.4. The number of ether oxygens (including phenoxy) is 3. The van der Waals surface area contributed by atoms with E-state index in [0.29, 0.717) is 10.9 Å². The second kappa shape index (κ2) is 10.5. The Kier molecular flexibility index (Phi) is 8.94. The Morgan fingerprint density at radius 2 is 1.76 bits per heavy atom. The molecule has 9 heteroatoms. The number of nitrogens with one attached hydrogen (secondary N) is 2. The summed E-state index contributed by atoms with van der Waals surface area (Å²) in [6.07, 6.45) is -0.313. The lowest BCUT2D eigenvalue weighted by Gasteiger charge is -2.24. The summed E-state index contributed by atoms with van der Waals surface area (Å²) in [7, 11) is 2.64. The molecule has 0 saturated carbocycles. The van der Waals surface area contributed by atoms with Gasteiger partial charge >= 0.3 is 12.1 Å². The molecule has 0 radical (unpaired) electrons. The van der Waals surface area contributed by atoms with E-state index in [0.717, 1.165) is 0 Å². The van der Waals surface area contributed by atoms with Crippen LogP contribution in [0.15, 0.2) is 16.6 Å². The molecule has 2 amide bonds. The molecule has 162 valence electrons. The second-order valence-corrected chi connectivity index (χ2v) is 8.67. The number of carbonyl (C=O) groups is 3. The monoisotopic (exact) mass is 472 g/mol. The van der Waals surface area contributed by atoms with Gasteiger partial charge < -0.3 is 24.8 Å². The highest BCUT2D eigenvalue weighted by molar-refractivity contribution is 9.10. The minimum atomic E-state index is -0.856. The molecule has 0 aliphatic rings. The Balaban J connectivity index is 3.17. The molecule has 0 fully saturated rings. The van der Waals surface area contributed by atoms with Crippen molar-refractivity contribution >= 4 is 39.6 Å². The van der Waals surface area contributed by atoms with Gasteiger partial charge in [0.05, 0.1) is 24.4 Å². The van der Waals surface area contributed by atoms with Crippen molar-refractivity contribution in [3.8, 4) is 5.75 Å². The fourth-order valence-corrected chi connectivity index (χ4v) is 3.03. The van der Waals surface area contributed by atoms with E-state index in [1.807, 2.05) is 13.8 Å². The topological polar surface area (TPSA) is 103 Å². The van der Waals surface area contributed by atoms with Crippen LogP contribution in [0.2, 0.25) is 0 Å². The van der Waals surface area contributed by atoms with Gasteiger partial charge in [0.1, 0.15) is 23.0 Å². The highest BCUT2D eigenvalue weighted by atomic mass is 79.9. The smallest absolute Gasteiger partial charge is 0.408 e. The number of amides is 2. The van der Waals surface area contributed by atoms with Crippen LogP contribution in [0.25, 0.3) is 0 Å². The molecule has 0 aliphatic heterocycles. The lowest BCUT2D eigenvalue weighted by atomic mass is 10.0. The maximum absolute atomic E-state index is 12.9. The van der Waals surface area contributed by atoms with E-state index in [1.165, 1.54) is 14.2 Å². The average molecular weight is 473 g/mol. The molecule has 1 unspecified atom stereocenters. The van der Waals surface area contributed by atoms with Crippen LogP contribution in [0.5, 0.6) is 5.75 Å². The van der Waals surface area contributed by atoms with Gasteiger partial charge in [-0.1, -0.05) is 13.8 Å². The van der Waals surface area contributed by atoms with Crippen LogP contribution in [0.4, 0.5) is 10.5 Å². The van der Waals surface area contributed by atoms with Crippen molar-refractivity contribution in [2.75, 3.05) is 19.5 Å². The Morgan fingerprint density at radius 1 is 1.14 bits per heavy atom. The summed E-state index contributed by atoms with van der Waals surface area (Å²) in [5, 5.41) is 5.29. The van der Waals surface area contributed by atoms with Crippen LogP contribution < -0.4 is 15.4 Å². The summed E-state index contributed by atoms with van der Waals surface area (Å²) < 4.78 is 15.9. The van der Waals surface area contributed by atoms with Gasteiger partial charge in [-0.15, -0.1) is 0 Å². The molecule has 0 aromatic heterocycles. The van der Waals surface area contributed by atoms with Crippen molar-refractivity contribution in [2.45, 2.75) is 52.7 Å². The fourth-order valence-electron chi connectivity index (χ4n) is 2.54. The van der Waals surface area contributed by atoms with Gasteiger partial charge in [-0.05, 0) is 61.2 Å². The van der Waals surface area contributed by atoms with Gasteiger partial charge in [-0.3, -0.25) is 4.79 Å². The molecule has 2 N–H and O–H groups in total. The van der Waals surface area contributed by atoms with Gasteiger partial charge in [-0.2, -0.15) is 0 Å². The Labute approximate surface area is 179 Å². The summed E-state index contributed by atoms with van der Waals surface area (Å²) in [6.45, 7) is 9.07. The lowest BCUT2D eigenvalue weighted by molar-refractivity contribution is -0.118. The molecular formula is C20H29BrN2O6. The number of alkyl carbamates (subject to hydrolysis) is 1. The first kappa shape index (κ1) is 24.7. The lowest BCUT2D eigenvalue weighted by Crippen LogP contribution is -2.46. The van der Waals surface area contributed by atoms with Crippen LogP contribution in [-0.4, -0.2) is 43.8 Å². The molecule has 1 aromatic carbocycles. The Bertz CT molecular complexity index is 758. The zero-order valence-corrected chi connectivity index (χ0v) is 19.4. The molecule has 0 bridgehead atoms. The number of carbonyl (C=O) groups excluding carboxylic acids is 3. The van der Waals surface area contributed by atoms with E-state index < -0.39 is 29.6 Å². The molecule has 1 aromatic rings. The molecule has 8 nitrogen and oxygen atoms in total. The summed E-state index contributed by atoms with van der Waals surface area (Å²) in [5.41, 5.74) is -0.417. The third-order valence-corrected chi connectivity index (χ3v) is 4.30. The zero-order valence-electron chi connectivity index (χ0n) is 17.8. The summed E-state index contributed by atoms with van der Waals surface area (Å²) in [5.74, 6) is -0.798. The standard InChI is InChI=1S/C20H29BrN2O6/c1-11(2)10-14(23-19(26)29-20(3,4)5)17(24)22-13-9-8-12(21)16(27-6)15(13)18(25)28-7/h8-9,11,14H,10H2,1-7H3,(H,22,24)(H,23,26). The molecule has 0 aliphatic carbocycles. The molecule has 0 saturated heterocycles. The number of anilines is 1. The number of halogens is 1. The van der Waals surface area contributed by atoms with Crippen molar-refractivity contribution in [1.29, 1.82) is 0 Å². The minimum Gasteiger partial charge on any atom is -0.495 e. The van der Waals surface area contributed by atoms with E-state index in [9.17, 15) is 14.4 Å². The molecule has 0 spiro atoms. The summed E-state index contributed by atoms with van der Waals surface area (Å²) >= 11 is 3.31. The zero-order chi connectivity index (χ0) is 22.4. The quantitative estimate of drug-likeness (QED) is 0.578. The van der Waals surface area contributed by atoms with E-state index >= 15 is 0 Å². The van der Waals surface area contributed by atoms with E-state index in [2.05, 4.69) is 26.6 Å². The third-order valence-electron chi connectivity index (χ3n) is 3.68. The molecule has 1 rings (SSSR count). The fraction of sp³-hybridized carbons (Fsp3) is 0.550. The van der Waals surface area contributed by atoms with Crippen molar-refractivity contribution in [2.24, 2.45) is 5.92 Å². The number of esters is 1. The number of benzene rings is 1. The van der Waals surface area contributed by atoms with Crippen LogP contribution in [0, 0.1) is 5.92 Å². The van der Waals surface area contributed by atoms with Crippen LogP contribution in [-0.2, 0) is 14.3 Å². The largest absolute Gasteiger partial charge is 0.495 e. The van der Waals surface area contributed by atoms with Crippen LogP contribution in [0.3, 0.4) is 0 Å². The van der Waals surface area contributed by atoms with E-state index in [1.54, 1.807) is 32.9 Å². The van der Waals surface area contributed by atoms with Crippen LogP contribution >= 0.6 is 15.9 Å². The Hall–Kier alpha value is -2.29. The number of methoxy groups -OCH3 is 2. The number of rotatable bonds is 7. The molecular weight excluding hydrogens is 444 g/mol. The predicted octanol–water partition coefficient (Wildman–Crippen LogP) is 4.12. The van der Waals surface area contributed by atoms with E-state index in [-0.39, 0.29) is 22.9 Å². The highest BCUT2D eigenvalue weighted by Gasteiger charge is 2.28. The maximum atomic E-state index is 12.9. The van der Waals surface area contributed by atoms with E-state index in [4.69, 9.17) is 14.2 Å². The first-order valence-corrected chi connectivity index (χ1v) is 9.94. The maximum Gasteiger partial charge on any atom is 0.408 e. The van der Waals surface area contributed by atoms with Crippen molar-refractivity contribution in [3.05, 3.63) is 22.2 Å². The van der Waals surface area contributed by atoms with Gasteiger partial charge in [-0.25, -0.2) is 9.59 Å². The molecule has 29 heavy (non-hydrogen) atoms. The first-order valence-electron chi connectivity index (χ1n) is 9.14. The highest BCUT2D eigenvalue weighted by Crippen LogP contribution is 2.35. The van der Waals surface area contributed by atoms with Gasteiger partial charge in [0.15, 0.2) is 0 Å². The average Bonchev–Trinajstić information content (AvgIpc) is 2.59. The number of hydrogen-bond donors (Lipinski definition) is 2. The third kappa shape index (κ3) is 7.56. The van der Waals surface area contributed by atoms with Gasteiger partial charge in [0, 0.05) is 0 Å². The normalized spacial score (nSPS) is 12.2. The molecule has 1 atom stereocenters. The SMILES string of the molecule is COC(=O)c1c(NC(=O)C(CC(C)C)NC(=O)OC(C)(C)C)ccc(Br)c1OC. The van der Waals surface area contributed by atoms with Crippen molar-refractivity contribution in [1.82, 2.24) is 5.32 Å². The van der Waals surface area contributed by atoms with Crippen molar-refractivity contribution in [3.63, 3.8) is 0 Å². The Morgan fingerprint density at radius 3 is 2.24 bits per heavy atom. The van der Waals surface area contributed by atoms with Gasteiger partial charge in [0.2, 0.25) is 5.91 Å². The molecule has 0 heterocycles. The van der Waals surface area contributed by atoms with Crippen molar-refractivity contribution < 1.29 is 28.6 Å². The second-order valence-electron chi connectivity index (χ2n) is 7.81. The number of hydrogen-bond acceptors (Lipinski definition) is 6. The van der Waals surface area contributed by atoms with Crippen LogP contribution in [0.1, 0.15) is 51.4 Å². The van der Waals surface area contributed by atoms with Gasteiger partial charge in [0.25, 0.3) is 0 Å². The summed E-state index contributed by atoms with van der Waals surface area (Å²) in [6, 6.07) is 2.33. The summed E-state index contributed by atoms with van der Waals surface area (Å²) in [4.78, 5) is 37.3. The predicted molar refractivity (Wildman–Crippen MR) is 113 cm³/mol. The minimum absolute atomic E-state index is 0.0679.